The first-order valence-corrected chi connectivity index (χ1v) is 9.30. The number of hydrogen-bond donors (Lipinski definition) is 1. The van der Waals surface area contributed by atoms with Gasteiger partial charge in [-0.15, -0.1) is 0 Å². The van der Waals surface area contributed by atoms with Gasteiger partial charge in [0.25, 0.3) is 0 Å². The Kier molecular flexibility index (Phi) is 4.15. The van der Waals surface area contributed by atoms with E-state index in [0.29, 0.717) is 11.3 Å². The van der Waals surface area contributed by atoms with Gasteiger partial charge in [-0.3, -0.25) is 0 Å². The van der Waals surface area contributed by atoms with Crippen LogP contribution in [-0.4, -0.2) is 14.2 Å². The van der Waals surface area contributed by atoms with E-state index in [1.807, 2.05) is 24.3 Å². The van der Waals surface area contributed by atoms with E-state index in [0.717, 1.165) is 16.6 Å². The van der Waals surface area contributed by atoms with E-state index in [9.17, 15) is 8.42 Å². The molecule has 0 fully saturated rings. The summed E-state index contributed by atoms with van der Waals surface area (Å²) in [5.41, 5.74) is 2.06. The van der Waals surface area contributed by atoms with Crippen molar-refractivity contribution in [2.75, 3.05) is 5.75 Å². The third kappa shape index (κ3) is 3.20. The number of hydrogen-bond acceptors (Lipinski definition) is 3. The zero-order valence-electron chi connectivity index (χ0n) is 11.4. The number of halogens is 1. The molecule has 2 aromatic carbocycles. The molecule has 5 heteroatoms. The van der Waals surface area contributed by atoms with E-state index < -0.39 is 9.84 Å². The third-order valence-electron chi connectivity index (χ3n) is 3.75. The van der Waals surface area contributed by atoms with Gasteiger partial charge in [-0.2, -0.15) is 0 Å². The van der Waals surface area contributed by atoms with Gasteiger partial charge in [0.15, 0.2) is 9.84 Å². The van der Waals surface area contributed by atoms with Crippen molar-refractivity contribution in [3.05, 3.63) is 64.1 Å². The number of benzene rings is 2. The van der Waals surface area contributed by atoms with Gasteiger partial charge < -0.3 is 5.32 Å². The first kappa shape index (κ1) is 14.8. The molecule has 3 nitrogen and oxygen atoms in total. The summed E-state index contributed by atoms with van der Waals surface area (Å²) in [6.45, 7) is 0.721. The molecule has 0 aromatic heterocycles. The lowest BCUT2D eigenvalue weighted by Crippen LogP contribution is -2.29. The summed E-state index contributed by atoms with van der Waals surface area (Å²) in [6, 6.07) is 15.5. The van der Waals surface area contributed by atoms with Crippen LogP contribution in [0.5, 0.6) is 0 Å². The zero-order valence-corrected chi connectivity index (χ0v) is 13.8. The second-order valence-corrected chi connectivity index (χ2v) is 8.20. The molecule has 1 unspecified atom stereocenters. The van der Waals surface area contributed by atoms with Crippen LogP contribution in [-0.2, 0) is 16.4 Å². The molecule has 0 bridgehead atoms. The van der Waals surface area contributed by atoms with Crippen molar-refractivity contribution >= 4 is 25.8 Å². The Bertz CT molecular complexity index is 758. The molecule has 0 aliphatic carbocycles. The van der Waals surface area contributed by atoms with Crippen molar-refractivity contribution in [3.8, 4) is 0 Å². The molecule has 1 aliphatic heterocycles. The zero-order chi connectivity index (χ0) is 14.9. The summed E-state index contributed by atoms with van der Waals surface area (Å²) >= 11 is 3.46. The van der Waals surface area contributed by atoms with Crippen LogP contribution in [0.15, 0.2) is 57.9 Å². The maximum atomic E-state index is 12.1. The lowest BCUT2D eigenvalue weighted by molar-refractivity contribution is 0.491. The summed E-state index contributed by atoms with van der Waals surface area (Å²) in [7, 11) is -3.11. The second-order valence-electron chi connectivity index (χ2n) is 5.21. The summed E-state index contributed by atoms with van der Waals surface area (Å²) in [5, 5.41) is 3.47. The molecule has 0 saturated carbocycles. The Morgan fingerprint density at radius 2 is 1.95 bits per heavy atom. The van der Waals surface area contributed by atoms with Crippen molar-refractivity contribution < 1.29 is 8.42 Å². The standard InChI is InChI=1S/C16H16BrNO2S/c17-13-5-3-4-12(10-13)11-18-15-8-9-21(19,20)16-7-2-1-6-14(15)16/h1-7,10,15,18H,8-9,11H2. The maximum Gasteiger partial charge on any atom is 0.178 e. The van der Waals surface area contributed by atoms with Crippen molar-refractivity contribution in [2.45, 2.75) is 23.9 Å². The van der Waals surface area contributed by atoms with Crippen LogP contribution in [0.25, 0.3) is 0 Å². The third-order valence-corrected chi connectivity index (χ3v) is 6.05. The largest absolute Gasteiger partial charge is 0.306 e. The minimum atomic E-state index is -3.11. The SMILES string of the molecule is O=S1(=O)CCC(NCc2cccc(Br)c2)c2ccccc21. The predicted molar refractivity (Wildman–Crippen MR) is 86.8 cm³/mol. The average Bonchev–Trinajstić information content (AvgIpc) is 2.47. The minimum Gasteiger partial charge on any atom is -0.306 e. The highest BCUT2D eigenvalue weighted by Crippen LogP contribution is 2.32. The highest BCUT2D eigenvalue weighted by Gasteiger charge is 2.29. The van der Waals surface area contributed by atoms with Gasteiger partial charge in [0, 0.05) is 17.1 Å². The molecule has 0 saturated heterocycles. The second kappa shape index (κ2) is 5.91. The Hall–Kier alpha value is -1.17. The summed E-state index contributed by atoms with van der Waals surface area (Å²) in [5.74, 6) is 0.208. The van der Waals surface area contributed by atoms with Crippen LogP contribution >= 0.6 is 15.9 Å². The van der Waals surface area contributed by atoms with E-state index in [4.69, 9.17) is 0 Å². The topological polar surface area (TPSA) is 46.2 Å². The van der Waals surface area contributed by atoms with Gasteiger partial charge in [-0.1, -0.05) is 46.3 Å². The molecule has 2 aromatic rings. The van der Waals surface area contributed by atoms with E-state index in [-0.39, 0.29) is 11.8 Å². The van der Waals surface area contributed by atoms with Crippen LogP contribution in [0, 0.1) is 0 Å². The summed E-state index contributed by atoms with van der Waals surface area (Å²) < 4.78 is 25.3. The fourth-order valence-corrected chi connectivity index (χ4v) is 4.76. The van der Waals surface area contributed by atoms with Gasteiger partial charge in [0.1, 0.15) is 0 Å². The molecule has 0 radical (unpaired) electrons. The number of nitrogens with one attached hydrogen (secondary N) is 1. The smallest absolute Gasteiger partial charge is 0.178 e. The van der Waals surface area contributed by atoms with Crippen LogP contribution in [0.3, 0.4) is 0 Å². The molecule has 110 valence electrons. The molecular weight excluding hydrogens is 350 g/mol. The molecule has 1 N–H and O–H groups in total. The Balaban J connectivity index is 1.81. The van der Waals surface area contributed by atoms with Gasteiger partial charge in [-0.05, 0) is 35.7 Å². The van der Waals surface area contributed by atoms with Gasteiger partial charge >= 0.3 is 0 Å². The highest BCUT2D eigenvalue weighted by molar-refractivity contribution is 9.10. The van der Waals surface area contributed by atoms with Crippen molar-refractivity contribution in [1.29, 1.82) is 0 Å². The van der Waals surface area contributed by atoms with Gasteiger partial charge in [0.2, 0.25) is 0 Å². The van der Waals surface area contributed by atoms with Crippen LogP contribution in [0.4, 0.5) is 0 Å². The Morgan fingerprint density at radius 3 is 2.76 bits per heavy atom. The van der Waals surface area contributed by atoms with E-state index in [1.165, 1.54) is 5.56 Å². The van der Waals surface area contributed by atoms with Crippen LogP contribution < -0.4 is 5.32 Å². The van der Waals surface area contributed by atoms with E-state index in [2.05, 4.69) is 33.4 Å². The Labute approximate surface area is 133 Å². The molecule has 1 heterocycles. The molecule has 21 heavy (non-hydrogen) atoms. The molecular formula is C16H16BrNO2S. The first-order valence-electron chi connectivity index (χ1n) is 6.86. The molecule has 1 aliphatic rings. The van der Waals surface area contributed by atoms with Gasteiger partial charge in [-0.25, -0.2) is 8.42 Å². The monoisotopic (exact) mass is 365 g/mol. The summed E-state index contributed by atoms with van der Waals surface area (Å²) in [6.07, 6.45) is 0.618. The van der Waals surface area contributed by atoms with Crippen LogP contribution in [0.2, 0.25) is 0 Å². The highest BCUT2D eigenvalue weighted by atomic mass is 79.9. The van der Waals surface area contributed by atoms with Crippen LogP contribution in [0.1, 0.15) is 23.6 Å². The Morgan fingerprint density at radius 1 is 1.14 bits per heavy atom. The van der Waals surface area contributed by atoms with E-state index in [1.54, 1.807) is 12.1 Å². The van der Waals surface area contributed by atoms with E-state index >= 15 is 0 Å². The average molecular weight is 366 g/mol. The van der Waals surface area contributed by atoms with Gasteiger partial charge in [0.05, 0.1) is 10.6 Å². The molecule has 0 amide bonds. The fourth-order valence-electron chi connectivity index (χ4n) is 2.69. The first-order chi connectivity index (χ1) is 10.1. The quantitative estimate of drug-likeness (QED) is 0.905. The number of rotatable bonds is 3. The number of sulfone groups is 1. The van der Waals surface area contributed by atoms with Crippen molar-refractivity contribution in [3.63, 3.8) is 0 Å². The molecule has 0 spiro atoms. The lowest BCUT2D eigenvalue weighted by Gasteiger charge is -2.26. The fraction of sp³-hybridized carbons (Fsp3) is 0.250. The summed E-state index contributed by atoms with van der Waals surface area (Å²) in [4.78, 5) is 0.475. The van der Waals surface area contributed by atoms with Crippen molar-refractivity contribution in [1.82, 2.24) is 5.32 Å². The maximum absolute atomic E-state index is 12.1. The number of fused-ring (bicyclic) bond motifs is 1. The predicted octanol–water partition coefficient (Wildman–Crippen LogP) is 3.46. The minimum absolute atomic E-state index is 0.0868. The normalized spacial score (nSPS) is 20.0. The molecule has 3 rings (SSSR count). The molecule has 1 atom stereocenters. The lowest BCUT2D eigenvalue weighted by atomic mass is 10.0. The van der Waals surface area contributed by atoms with Crippen molar-refractivity contribution in [2.24, 2.45) is 0 Å².